The van der Waals surface area contributed by atoms with E-state index in [1.165, 1.54) is 5.56 Å². The molecule has 0 bridgehead atoms. The molecule has 0 aliphatic carbocycles. The van der Waals surface area contributed by atoms with Gasteiger partial charge in [-0.25, -0.2) is 0 Å². The van der Waals surface area contributed by atoms with Gasteiger partial charge in [0.1, 0.15) is 6.04 Å². The van der Waals surface area contributed by atoms with Gasteiger partial charge < -0.3 is 10.2 Å². The van der Waals surface area contributed by atoms with Crippen molar-refractivity contribution in [1.29, 1.82) is 0 Å². The van der Waals surface area contributed by atoms with Crippen LogP contribution in [0.3, 0.4) is 0 Å². The Morgan fingerprint density at radius 2 is 1.59 bits per heavy atom. The van der Waals surface area contributed by atoms with Gasteiger partial charge >= 0.3 is 0 Å². The summed E-state index contributed by atoms with van der Waals surface area (Å²) in [7, 11) is 0. The van der Waals surface area contributed by atoms with Gasteiger partial charge in [0, 0.05) is 12.6 Å². The first-order chi connectivity index (χ1) is 12.8. The molecule has 0 radical (unpaired) electrons. The second-order valence-electron chi connectivity index (χ2n) is 7.51. The number of carbonyl (C=O) groups excluding carboxylic acids is 2. The number of nitrogens with one attached hydrogen (secondary N) is 1. The fraction of sp³-hybridized carbons (Fsp3) is 0.391. The fourth-order valence-electron chi connectivity index (χ4n) is 2.98. The van der Waals surface area contributed by atoms with E-state index in [0.717, 1.165) is 16.7 Å². The van der Waals surface area contributed by atoms with Crippen LogP contribution in [0, 0.1) is 13.8 Å². The predicted molar refractivity (Wildman–Crippen MR) is 109 cm³/mol. The molecular formula is C23H30N2O2. The third kappa shape index (κ3) is 6.24. The van der Waals surface area contributed by atoms with Gasteiger partial charge in [-0.05, 0) is 45.7 Å². The molecule has 0 unspecified atom stereocenters. The Morgan fingerprint density at radius 1 is 0.926 bits per heavy atom. The van der Waals surface area contributed by atoms with Crippen LogP contribution in [0.25, 0.3) is 0 Å². The van der Waals surface area contributed by atoms with Crippen molar-refractivity contribution in [2.75, 3.05) is 0 Å². The maximum atomic E-state index is 13.1. The minimum Gasteiger partial charge on any atom is -0.352 e. The van der Waals surface area contributed by atoms with Gasteiger partial charge in [-0.15, -0.1) is 0 Å². The molecule has 0 fully saturated rings. The summed E-state index contributed by atoms with van der Waals surface area (Å²) in [5, 5.41) is 2.91. The molecule has 27 heavy (non-hydrogen) atoms. The molecule has 1 atom stereocenters. The Morgan fingerprint density at radius 3 is 2.19 bits per heavy atom. The van der Waals surface area contributed by atoms with E-state index >= 15 is 0 Å². The molecule has 0 spiro atoms. The molecule has 0 aromatic heterocycles. The molecule has 2 rings (SSSR count). The molecule has 144 valence electrons. The zero-order valence-electron chi connectivity index (χ0n) is 17.0. The number of hydrogen-bond donors (Lipinski definition) is 1. The first kappa shape index (κ1) is 20.7. The van der Waals surface area contributed by atoms with E-state index in [-0.39, 0.29) is 24.3 Å². The largest absolute Gasteiger partial charge is 0.352 e. The zero-order valence-corrected chi connectivity index (χ0v) is 17.0. The summed E-state index contributed by atoms with van der Waals surface area (Å²) in [6, 6.07) is 15.5. The lowest BCUT2D eigenvalue weighted by Crippen LogP contribution is -2.49. The van der Waals surface area contributed by atoms with Crippen molar-refractivity contribution in [2.24, 2.45) is 0 Å². The highest BCUT2D eigenvalue weighted by Crippen LogP contribution is 2.14. The Bertz CT molecular complexity index is 781. The molecule has 0 aliphatic rings. The Hall–Kier alpha value is -2.62. The summed E-state index contributed by atoms with van der Waals surface area (Å²) in [5.74, 6) is -0.178. The van der Waals surface area contributed by atoms with Gasteiger partial charge in [-0.1, -0.05) is 59.7 Å². The minimum absolute atomic E-state index is 0.0352. The van der Waals surface area contributed by atoms with Crippen LogP contribution in [0.5, 0.6) is 0 Å². The average molecular weight is 367 g/mol. The highest BCUT2D eigenvalue weighted by molar-refractivity contribution is 5.88. The maximum absolute atomic E-state index is 13.1. The molecule has 0 saturated carbocycles. The van der Waals surface area contributed by atoms with E-state index in [1.807, 2.05) is 76.2 Å². The number of aryl methyl sites for hydroxylation is 2. The lowest BCUT2D eigenvalue weighted by molar-refractivity contribution is -0.140. The Balaban J connectivity index is 2.22. The molecule has 4 nitrogen and oxygen atoms in total. The highest BCUT2D eigenvalue weighted by atomic mass is 16.2. The summed E-state index contributed by atoms with van der Waals surface area (Å²) in [5.41, 5.74) is 4.27. The fourth-order valence-corrected chi connectivity index (χ4v) is 2.98. The first-order valence-corrected chi connectivity index (χ1v) is 9.47. The Labute approximate surface area is 162 Å². The topological polar surface area (TPSA) is 49.4 Å². The first-order valence-electron chi connectivity index (χ1n) is 9.47. The van der Waals surface area contributed by atoms with Crippen molar-refractivity contribution in [3.63, 3.8) is 0 Å². The molecule has 0 aliphatic heterocycles. The summed E-state index contributed by atoms with van der Waals surface area (Å²) >= 11 is 0. The average Bonchev–Trinajstić information content (AvgIpc) is 2.60. The van der Waals surface area contributed by atoms with Gasteiger partial charge in [0.05, 0.1) is 6.42 Å². The van der Waals surface area contributed by atoms with E-state index in [4.69, 9.17) is 0 Å². The third-order valence-corrected chi connectivity index (χ3v) is 4.51. The van der Waals surface area contributed by atoms with E-state index in [9.17, 15) is 9.59 Å². The van der Waals surface area contributed by atoms with Crippen LogP contribution < -0.4 is 5.32 Å². The van der Waals surface area contributed by atoms with Crippen molar-refractivity contribution in [2.45, 2.75) is 59.7 Å². The monoisotopic (exact) mass is 366 g/mol. The molecular weight excluding hydrogens is 336 g/mol. The number of nitrogens with zero attached hydrogens (tertiary/aromatic N) is 1. The highest BCUT2D eigenvalue weighted by Gasteiger charge is 2.26. The number of rotatable bonds is 7. The second-order valence-corrected chi connectivity index (χ2v) is 7.51. The zero-order chi connectivity index (χ0) is 20.0. The van der Waals surface area contributed by atoms with E-state index in [1.54, 1.807) is 11.8 Å². The third-order valence-electron chi connectivity index (χ3n) is 4.51. The van der Waals surface area contributed by atoms with Gasteiger partial charge in [0.15, 0.2) is 0 Å². The molecule has 2 aromatic carbocycles. The number of amides is 2. The second kappa shape index (κ2) is 9.36. The van der Waals surface area contributed by atoms with E-state index in [2.05, 4.69) is 5.32 Å². The van der Waals surface area contributed by atoms with Gasteiger partial charge in [-0.2, -0.15) is 0 Å². The quantitative estimate of drug-likeness (QED) is 0.810. The van der Waals surface area contributed by atoms with Gasteiger partial charge in [0.25, 0.3) is 0 Å². The smallest absolute Gasteiger partial charge is 0.242 e. The molecule has 0 saturated heterocycles. The van der Waals surface area contributed by atoms with Crippen LogP contribution in [0.1, 0.15) is 43.0 Å². The maximum Gasteiger partial charge on any atom is 0.242 e. The van der Waals surface area contributed by atoms with Crippen molar-refractivity contribution in [3.8, 4) is 0 Å². The van der Waals surface area contributed by atoms with Crippen LogP contribution in [0.2, 0.25) is 0 Å². The van der Waals surface area contributed by atoms with Crippen molar-refractivity contribution in [1.82, 2.24) is 10.2 Å². The summed E-state index contributed by atoms with van der Waals surface area (Å²) in [6.07, 6.45) is 0.285. The van der Waals surface area contributed by atoms with Crippen molar-refractivity contribution in [3.05, 3.63) is 70.8 Å². The normalized spacial score (nSPS) is 11.9. The van der Waals surface area contributed by atoms with Crippen molar-refractivity contribution < 1.29 is 9.59 Å². The lowest BCUT2D eigenvalue weighted by Gasteiger charge is -2.29. The summed E-state index contributed by atoms with van der Waals surface area (Å²) in [4.78, 5) is 27.3. The number of hydrogen-bond acceptors (Lipinski definition) is 2. The van der Waals surface area contributed by atoms with E-state index < -0.39 is 6.04 Å². The van der Waals surface area contributed by atoms with Crippen LogP contribution >= 0.6 is 0 Å². The summed E-state index contributed by atoms with van der Waals surface area (Å²) < 4.78 is 0. The van der Waals surface area contributed by atoms with Gasteiger partial charge in [0.2, 0.25) is 11.8 Å². The number of carbonyl (C=O) groups is 2. The predicted octanol–water partition coefficient (Wildman–Crippen LogP) is 3.79. The molecule has 2 aromatic rings. The lowest BCUT2D eigenvalue weighted by atomic mass is 10.1. The molecule has 2 amide bonds. The Kier molecular flexibility index (Phi) is 7.17. The van der Waals surface area contributed by atoms with Crippen LogP contribution in [-0.4, -0.2) is 28.8 Å². The van der Waals surface area contributed by atoms with E-state index in [0.29, 0.717) is 6.54 Å². The number of benzene rings is 2. The van der Waals surface area contributed by atoms with Gasteiger partial charge in [-0.3, -0.25) is 9.59 Å². The molecule has 1 N–H and O–H groups in total. The van der Waals surface area contributed by atoms with Crippen molar-refractivity contribution >= 4 is 11.8 Å². The standard InChI is InChI=1S/C23H30N2O2/c1-16(2)24-23(27)19(5)25(15-20-11-9-17(3)10-12-20)22(26)14-21-8-6-7-18(4)13-21/h6-13,16,19H,14-15H2,1-5H3,(H,24,27)/t19-/m1/s1. The van der Waals surface area contributed by atoms with Crippen LogP contribution in [-0.2, 0) is 22.6 Å². The SMILES string of the molecule is Cc1ccc(CN(C(=O)Cc2cccc(C)c2)[C@H](C)C(=O)NC(C)C)cc1. The summed E-state index contributed by atoms with van der Waals surface area (Å²) in [6.45, 7) is 10.1. The van der Waals surface area contributed by atoms with Crippen LogP contribution in [0.4, 0.5) is 0 Å². The molecule has 4 heteroatoms. The minimum atomic E-state index is -0.536. The molecule has 0 heterocycles. The van der Waals surface area contributed by atoms with Crippen LogP contribution in [0.15, 0.2) is 48.5 Å².